The highest BCUT2D eigenvalue weighted by atomic mass is 16.2. The van der Waals surface area contributed by atoms with Crippen molar-refractivity contribution in [3.63, 3.8) is 0 Å². The molecule has 2 aromatic rings. The van der Waals surface area contributed by atoms with E-state index in [2.05, 4.69) is 95.0 Å². The summed E-state index contributed by atoms with van der Waals surface area (Å²) in [4.78, 5) is 8.00. The number of hydrogen-bond donors (Lipinski definition) is 2. The van der Waals surface area contributed by atoms with Crippen LogP contribution in [0.2, 0.25) is 0 Å². The molecule has 0 unspecified atom stereocenters. The molecule has 0 radical (unpaired) electrons. The third-order valence-electron chi connectivity index (χ3n) is 4.62. The molecule has 0 heterocycles. The summed E-state index contributed by atoms with van der Waals surface area (Å²) in [5.74, 6) is 0.884. The summed E-state index contributed by atoms with van der Waals surface area (Å²) in [6, 6.07) is 17.4. The minimum Gasteiger partial charge on any atom is -0.400 e. The van der Waals surface area contributed by atoms with Gasteiger partial charge in [-0.15, -0.1) is 6.58 Å². The highest BCUT2D eigenvalue weighted by Crippen LogP contribution is 2.24. The van der Waals surface area contributed by atoms with Crippen LogP contribution in [-0.4, -0.2) is 26.1 Å². The van der Waals surface area contributed by atoms with E-state index in [1.54, 1.807) is 0 Å². The SMILES string of the molecule is C=CCCCC.C=O.CCC(C)C.CCc1ccccc1-c1ccc(CNC)cc1.CO. The van der Waals surface area contributed by atoms with E-state index >= 15 is 0 Å². The van der Waals surface area contributed by atoms with Gasteiger partial charge in [-0.1, -0.05) is 108 Å². The molecule has 2 N–H and O–H groups in total. The zero-order chi connectivity index (χ0) is 25.2. The van der Waals surface area contributed by atoms with E-state index in [-0.39, 0.29) is 0 Å². The van der Waals surface area contributed by atoms with E-state index in [1.165, 1.54) is 47.9 Å². The van der Waals surface area contributed by atoms with Crippen molar-refractivity contribution in [2.45, 2.75) is 73.3 Å². The van der Waals surface area contributed by atoms with Crippen molar-refractivity contribution in [3.05, 3.63) is 72.3 Å². The van der Waals surface area contributed by atoms with Crippen LogP contribution in [0.4, 0.5) is 0 Å². The molecule has 32 heavy (non-hydrogen) atoms. The molecule has 2 aromatic carbocycles. The van der Waals surface area contributed by atoms with E-state index in [0.717, 1.165) is 26.0 Å². The molecule has 2 rings (SSSR count). The normalized spacial score (nSPS) is 8.91. The van der Waals surface area contributed by atoms with Crippen molar-refractivity contribution in [2.75, 3.05) is 14.2 Å². The summed E-state index contributed by atoms with van der Waals surface area (Å²) < 4.78 is 0. The van der Waals surface area contributed by atoms with Crippen LogP contribution in [0.3, 0.4) is 0 Å². The van der Waals surface area contributed by atoms with E-state index in [9.17, 15) is 0 Å². The van der Waals surface area contributed by atoms with Gasteiger partial charge in [-0.3, -0.25) is 0 Å². The van der Waals surface area contributed by atoms with Crippen LogP contribution in [0.15, 0.2) is 61.2 Å². The predicted molar refractivity (Wildman–Crippen MR) is 144 cm³/mol. The zero-order valence-electron chi connectivity index (χ0n) is 21.8. The largest absolute Gasteiger partial charge is 0.400 e. The molecule has 0 saturated heterocycles. The molecular weight excluding hydrogens is 394 g/mol. The maximum absolute atomic E-state index is 8.00. The van der Waals surface area contributed by atoms with E-state index in [4.69, 9.17) is 9.90 Å². The Morgan fingerprint density at radius 1 is 0.969 bits per heavy atom. The molecule has 0 fully saturated rings. The fourth-order valence-electron chi connectivity index (χ4n) is 2.46. The second-order valence-corrected chi connectivity index (χ2v) is 7.47. The molecule has 0 saturated carbocycles. The first kappa shape index (κ1) is 34.4. The summed E-state index contributed by atoms with van der Waals surface area (Å²) in [5, 5.41) is 10.2. The number of benzene rings is 2. The zero-order valence-corrected chi connectivity index (χ0v) is 21.8. The van der Waals surface area contributed by atoms with Gasteiger partial charge in [0.2, 0.25) is 0 Å². The number of allylic oxidation sites excluding steroid dienone is 1. The fraction of sp³-hybridized carbons (Fsp3) is 0.483. The smallest absolute Gasteiger partial charge is 0.106 e. The van der Waals surface area contributed by atoms with Crippen molar-refractivity contribution >= 4 is 6.79 Å². The maximum atomic E-state index is 8.00. The lowest BCUT2D eigenvalue weighted by molar-refractivity contribution is -0.0979. The van der Waals surface area contributed by atoms with E-state index < -0.39 is 0 Å². The predicted octanol–water partition coefficient (Wildman–Crippen LogP) is 7.47. The van der Waals surface area contributed by atoms with Crippen LogP contribution in [0, 0.1) is 5.92 Å². The lowest BCUT2D eigenvalue weighted by atomic mass is 9.97. The Labute approximate surface area is 199 Å². The Morgan fingerprint density at radius 3 is 1.88 bits per heavy atom. The number of nitrogens with one attached hydrogen (secondary N) is 1. The molecule has 3 nitrogen and oxygen atoms in total. The number of carbonyl (C=O) groups excluding carboxylic acids is 1. The maximum Gasteiger partial charge on any atom is 0.106 e. The van der Waals surface area contributed by atoms with Crippen molar-refractivity contribution in [1.82, 2.24) is 5.32 Å². The number of rotatable bonds is 8. The Kier molecular flexibility index (Phi) is 28.8. The Hall–Kier alpha value is -2.23. The molecule has 0 aliphatic carbocycles. The second-order valence-electron chi connectivity index (χ2n) is 7.47. The first-order valence-electron chi connectivity index (χ1n) is 11.7. The third-order valence-corrected chi connectivity index (χ3v) is 4.62. The van der Waals surface area contributed by atoms with Gasteiger partial charge < -0.3 is 15.2 Å². The monoisotopic (exact) mass is 443 g/mol. The molecule has 0 spiro atoms. The van der Waals surface area contributed by atoms with Crippen molar-refractivity contribution in [2.24, 2.45) is 5.92 Å². The topological polar surface area (TPSA) is 49.3 Å². The average Bonchev–Trinajstić information content (AvgIpc) is 2.86. The Bertz CT molecular complexity index is 636. The first-order valence-corrected chi connectivity index (χ1v) is 11.7. The first-order chi connectivity index (χ1) is 15.5. The van der Waals surface area contributed by atoms with Crippen LogP contribution in [0.1, 0.15) is 71.4 Å². The molecule has 0 aliphatic rings. The molecule has 0 aromatic heterocycles. The van der Waals surface area contributed by atoms with Crippen LogP contribution in [0.5, 0.6) is 0 Å². The quantitative estimate of drug-likeness (QED) is 0.328. The molecule has 3 heteroatoms. The highest BCUT2D eigenvalue weighted by molar-refractivity contribution is 5.67. The fourth-order valence-corrected chi connectivity index (χ4v) is 2.46. The highest BCUT2D eigenvalue weighted by Gasteiger charge is 2.02. The van der Waals surface area contributed by atoms with Gasteiger partial charge in [0.1, 0.15) is 6.79 Å². The molecule has 0 amide bonds. The van der Waals surface area contributed by atoms with Gasteiger partial charge >= 0.3 is 0 Å². The number of aryl methyl sites for hydroxylation is 1. The molecule has 0 atom stereocenters. The van der Waals surface area contributed by atoms with Crippen LogP contribution in [0.25, 0.3) is 11.1 Å². The third kappa shape index (κ3) is 18.5. The summed E-state index contributed by atoms with van der Waals surface area (Å²) in [5.41, 5.74) is 5.40. The van der Waals surface area contributed by atoms with Crippen LogP contribution >= 0.6 is 0 Å². The number of carbonyl (C=O) groups is 1. The minimum absolute atomic E-state index is 0.884. The second kappa shape index (κ2) is 26.8. The van der Waals surface area contributed by atoms with Gasteiger partial charge in [0.25, 0.3) is 0 Å². The molecule has 0 bridgehead atoms. The standard InChI is InChI=1S/C16H19N.C6H12.C5H12.CH4O.CH2O/c1-3-14-6-4-5-7-16(14)15-10-8-13(9-11-15)12-17-2;1-3-5-6-4-2;1-4-5(2)3;2*1-2/h4-11,17H,3,12H2,1-2H3;3H,1,4-6H2,2H3;5H,4H2,1-3H3;2H,1H3;1H2. The molecular formula is C29H49NO2. The van der Waals surface area contributed by atoms with Gasteiger partial charge in [-0.2, -0.15) is 0 Å². The summed E-state index contributed by atoms with van der Waals surface area (Å²) in [7, 11) is 2.97. The average molecular weight is 444 g/mol. The summed E-state index contributed by atoms with van der Waals surface area (Å²) in [6.07, 6.45) is 8.10. The Morgan fingerprint density at radius 2 is 1.50 bits per heavy atom. The minimum atomic E-state index is 0.884. The van der Waals surface area contributed by atoms with E-state index in [0.29, 0.717) is 0 Å². The number of unbranched alkanes of at least 4 members (excludes halogenated alkanes) is 2. The van der Waals surface area contributed by atoms with Crippen molar-refractivity contribution < 1.29 is 9.90 Å². The Balaban J connectivity index is -0.000000466. The molecule has 0 aliphatic heterocycles. The lowest BCUT2D eigenvalue weighted by Crippen LogP contribution is -2.04. The number of aliphatic hydroxyl groups excluding tert-OH is 1. The van der Waals surface area contributed by atoms with Gasteiger partial charge in [0.05, 0.1) is 0 Å². The van der Waals surface area contributed by atoms with Crippen molar-refractivity contribution in [3.8, 4) is 11.1 Å². The van der Waals surface area contributed by atoms with Crippen molar-refractivity contribution in [1.29, 1.82) is 0 Å². The number of hydrogen-bond acceptors (Lipinski definition) is 3. The van der Waals surface area contributed by atoms with Crippen LogP contribution in [-0.2, 0) is 17.8 Å². The number of aliphatic hydroxyl groups is 1. The lowest BCUT2D eigenvalue weighted by Gasteiger charge is -2.08. The summed E-state index contributed by atoms with van der Waals surface area (Å²) in [6.45, 7) is 17.6. The molecule has 182 valence electrons. The van der Waals surface area contributed by atoms with Gasteiger partial charge in [-0.25, -0.2) is 0 Å². The van der Waals surface area contributed by atoms with Gasteiger partial charge in [0.15, 0.2) is 0 Å². The van der Waals surface area contributed by atoms with Gasteiger partial charge in [-0.05, 0) is 48.1 Å². The van der Waals surface area contributed by atoms with Crippen LogP contribution < -0.4 is 5.32 Å². The summed E-state index contributed by atoms with van der Waals surface area (Å²) >= 11 is 0. The van der Waals surface area contributed by atoms with E-state index in [1.807, 2.05) is 19.9 Å². The van der Waals surface area contributed by atoms with Gasteiger partial charge in [0, 0.05) is 13.7 Å².